The quantitative estimate of drug-likeness (QED) is 0.600. The van der Waals surface area contributed by atoms with Crippen LogP contribution in [0.15, 0.2) is 22.6 Å². The minimum atomic E-state index is 0.322. The fourth-order valence-corrected chi connectivity index (χ4v) is 1.10. The average Bonchev–Trinajstić information content (AvgIpc) is 2.46. The number of pyridine rings is 1. The number of nitrogens with zero attached hydrogens (tertiary/aromatic N) is 1. The first-order valence-corrected chi connectivity index (χ1v) is 3.62. The summed E-state index contributed by atoms with van der Waals surface area (Å²) in [5, 5.41) is 0. The van der Waals surface area contributed by atoms with Crippen molar-refractivity contribution in [2.45, 2.75) is 6.92 Å². The van der Waals surface area contributed by atoms with E-state index in [-0.39, 0.29) is 0 Å². The molecule has 0 spiro atoms. The van der Waals surface area contributed by atoms with Crippen LogP contribution in [0.3, 0.4) is 0 Å². The number of hydrogen-bond acceptors (Lipinski definition) is 3. The minimum absolute atomic E-state index is 0.322. The molecule has 0 fully saturated rings. The molecule has 0 bridgehead atoms. The van der Waals surface area contributed by atoms with Crippen molar-refractivity contribution in [3.8, 4) is 0 Å². The smallest absolute Gasteiger partial charge is 0.185 e. The van der Waals surface area contributed by atoms with Crippen LogP contribution in [0.4, 0.5) is 0 Å². The van der Waals surface area contributed by atoms with E-state index in [1.54, 1.807) is 6.07 Å². The second-order valence-corrected chi connectivity index (χ2v) is 2.60. The normalized spacial score (nSPS) is 10.4. The van der Waals surface area contributed by atoms with E-state index in [2.05, 4.69) is 4.98 Å². The van der Waals surface area contributed by atoms with E-state index in [9.17, 15) is 4.79 Å². The van der Waals surface area contributed by atoms with Crippen molar-refractivity contribution in [2.75, 3.05) is 0 Å². The Hall–Kier alpha value is -1.64. The number of furan rings is 1. The van der Waals surface area contributed by atoms with Gasteiger partial charge in [-0.1, -0.05) is 0 Å². The van der Waals surface area contributed by atoms with Crippen LogP contribution in [0.5, 0.6) is 0 Å². The molecule has 0 saturated heterocycles. The molecule has 2 aromatic heterocycles. The third-order valence-corrected chi connectivity index (χ3v) is 1.65. The summed E-state index contributed by atoms with van der Waals surface area (Å²) < 4.78 is 5.14. The fraction of sp³-hybridized carbons (Fsp3) is 0.111. The van der Waals surface area contributed by atoms with Crippen LogP contribution in [0.1, 0.15) is 16.2 Å². The van der Waals surface area contributed by atoms with Crippen molar-refractivity contribution in [3.63, 3.8) is 0 Å². The van der Waals surface area contributed by atoms with Gasteiger partial charge in [0.1, 0.15) is 5.52 Å². The Balaban J connectivity index is 2.75. The molecular formula is C9H7NO2. The Labute approximate surface area is 69.0 Å². The summed E-state index contributed by atoms with van der Waals surface area (Å²) in [6.45, 7) is 1.90. The van der Waals surface area contributed by atoms with Gasteiger partial charge in [-0.15, -0.1) is 0 Å². The van der Waals surface area contributed by atoms with Gasteiger partial charge in [-0.3, -0.25) is 4.79 Å². The zero-order valence-electron chi connectivity index (χ0n) is 6.57. The van der Waals surface area contributed by atoms with Gasteiger partial charge in [0.05, 0.1) is 0 Å². The topological polar surface area (TPSA) is 43.1 Å². The molecule has 3 heteroatoms. The van der Waals surface area contributed by atoms with E-state index in [4.69, 9.17) is 4.42 Å². The average molecular weight is 161 g/mol. The first kappa shape index (κ1) is 7.03. The molecule has 0 saturated carbocycles. The highest BCUT2D eigenvalue weighted by molar-refractivity contribution is 5.82. The molecule has 0 aliphatic carbocycles. The molecule has 60 valence electrons. The SMILES string of the molecule is Cc1ccc2oc(C=O)cc2n1. The summed E-state index contributed by atoms with van der Waals surface area (Å²) in [5.74, 6) is 0.322. The molecule has 12 heavy (non-hydrogen) atoms. The molecule has 2 heterocycles. The van der Waals surface area contributed by atoms with Crippen molar-refractivity contribution < 1.29 is 9.21 Å². The molecule has 3 nitrogen and oxygen atoms in total. The molecule has 0 atom stereocenters. The molecule has 0 aromatic carbocycles. The van der Waals surface area contributed by atoms with Gasteiger partial charge in [0.2, 0.25) is 0 Å². The standard InChI is InChI=1S/C9H7NO2/c1-6-2-3-9-8(10-6)4-7(5-11)12-9/h2-5H,1H3. The van der Waals surface area contributed by atoms with Crippen molar-refractivity contribution in [1.82, 2.24) is 4.98 Å². The van der Waals surface area contributed by atoms with Crippen molar-refractivity contribution in [1.29, 1.82) is 0 Å². The predicted molar refractivity (Wildman–Crippen MR) is 44.1 cm³/mol. The molecule has 0 N–H and O–H groups in total. The number of carbonyl (C=O) groups is 1. The second-order valence-electron chi connectivity index (χ2n) is 2.60. The number of aromatic nitrogens is 1. The van der Waals surface area contributed by atoms with Crippen LogP contribution in [0.25, 0.3) is 11.1 Å². The van der Waals surface area contributed by atoms with Crippen LogP contribution < -0.4 is 0 Å². The van der Waals surface area contributed by atoms with Crippen LogP contribution in [-0.4, -0.2) is 11.3 Å². The number of aldehydes is 1. The van der Waals surface area contributed by atoms with Crippen molar-refractivity contribution in [2.24, 2.45) is 0 Å². The summed E-state index contributed by atoms with van der Waals surface area (Å²) in [6, 6.07) is 5.29. The Kier molecular flexibility index (Phi) is 1.43. The third-order valence-electron chi connectivity index (χ3n) is 1.65. The number of carbonyl (C=O) groups excluding carboxylic acids is 1. The highest BCUT2D eigenvalue weighted by Crippen LogP contribution is 2.15. The van der Waals surface area contributed by atoms with Gasteiger partial charge in [-0.2, -0.15) is 0 Å². The largest absolute Gasteiger partial charge is 0.452 e. The zero-order valence-corrected chi connectivity index (χ0v) is 6.57. The van der Waals surface area contributed by atoms with Gasteiger partial charge in [-0.25, -0.2) is 4.98 Å². The predicted octanol–water partition coefficient (Wildman–Crippen LogP) is 1.95. The van der Waals surface area contributed by atoms with Gasteiger partial charge in [0.15, 0.2) is 17.6 Å². The Morgan fingerprint density at radius 1 is 1.50 bits per heavy atom. The second kappa shape index (κ2) is 2.44. The maximum atomic E-state index is 10.3. The van der Waals surface area contributed by atoms with Gasteiger partial charge in [0.25, 0.3) is 0 Å². The lowest BCUT2D eigenvalue weighted by molar-refractivity contribution is 0.110. The number of aryl methyl sites for hydroxylation is 1. The highest BCUT2D eigenvalue weighted by atomic mass is 16.3. The Bertz CT molecular complexity index is 431. The summed E-state index contributed by atoms with van der Waals surface area (Å²) >= 11 is 0. The summed E-state index contributed by atoms with van der Waals surface area (Å²) in [7, 11) is 0. The van der Waals surface area contributed by atoms with Crippen LogP contribution in [0.2, 0.25) is 0 Å². The minimum Gasteiger partial charge on any atom is -0.452 e. The molecule has 2 aromatic rings. The lowest BCUT2D eigenvalue weighted by Gasteiger charge is -1.88. The van der Waals surface area contributed by atoms with Crippen molar-refractivity contribution in [3.05, 3.63) is 29.7 Å². The number of rotatable bonds is 1. The zero-order chi connectivity index (χ0) is 8.55. The van der Waals surface area contributed by atoms with E-state index >= 15 is 0 Å². The molecule has 0 unspecified atom stereocenters. The molecule has 0 radical (unpaired) electrons. The third kappa shape index (κ3) is 0.993. The van der Waals surface area contributed by atoms with Gasteiger partial charge < -0.3 is 4.42 Å². The first-order chi connectivity index (χ1) is 5.79. The molecule has 2 rings (SSSR count). The van der Waals surface area contributed by atoms with Crippen LogP contribution in [-0.2, 0) is 0 Å². The molecule has 0 amide bonds. The van der Waals surface area contributed by atoms with E-state index in [0.29, 0.717) is 17.6 Å². The van der Waals surface area contributed by atoms with Crippen molar-refractivity contribution >= 4 is 17.4 Å². The Morgan fingerprint density at radius 3 is 3.08 bits per heavy atom. The lowest BCUT2D eigenvalue weighted by Crippen LogP contribution is -1.77. The first-order valence-electron chi connectivity index (χ1n) is 3.62. The van der Waals surface area contributed by atoms with E-state index < -0.39 is 0 Å². The summed E-state index contributed by atoms with van der Waals surface area (Å²) in [4.78, 5) is 14.5. The molecule has 0 aliphatic heterocycles. The highest BCUT2D eigenvalue weighted by Gasteiger charge is 2.02. The number of hydrogen-bond donors (Lipinski definition) is 0. The van der Waals surface area contributed by atoms with Gasteiger partial charge in [0, 0.05) is 11.8 Å². The Morgan fingerprint density at radius 2 is 2.33 bits per heavy atom. The van der Waals surface area contributed by atoms with Crippen LogP contribution >= 0.6 is 0 Å². The summed E-state index contributed by atoms with van der Waals surface area (Å²) in [6.07, 6.45) is 0.678. The summed E-state index contributed by atoms with van der Waals surface area (Å²) in [5.41, 5.74) is 2.31. The fourth-order valence-electron chi connectivity index (χ4n) is 1.10. The van der Waals surface area contributed by atoms with Crippen LogP contribution in [0, 0.1) is 6.92 Å². The van der Waals surface area contributed by atoms with Gasteiger partial charge >= 0.3 is 0 Å². The van der Waals surface area contributed by atoms with E-state index in [1.807, 2.05) is 19.1 Å². The molecule has 0 aliphatic rings. The number of fused-ring (bicyclic) bond motifs is 1. The van der Waals surface area contributed by atoms with Gasteiger partial charge in [-0.05, 0) is 19.1 Å². The van der Waals surface area contributed by atoms with E-state index in [0.717, 1.165) is 11.2 Å². The maximum Gasteiger partial charge on any atom is 0.185 e. The lowest BCUT2D eigenvalue weighted by atomic mass is 10.3. The van der Waals surface area contributed by atoms with E-state index in [1.165, 1.54) is 0 Å². The maximum absolute atomic E-state index is 10.3. The monoisotopic (exact) mass is 161 g/mol. The molecular weight excluding hydrogens is 154 g/mol.